The van der Waals surface area contributed by atoms with Crippen LogP contribution >= 0.6 is 24.8 Å². The van der Waals surface area contributed by atoms with E-state index in [-0.39, 0.29) is 24.8 Å². The summed E-state index contributed by atoms with van der Waals surface area (Å²) in [6, 6.07) is 28.6. The van der Waals surface area contributed by atoms with Gasteiger partial charge in [0.1, 0.15) is 0 Å². The van der Waals surface area contributed by atoms with Crippen LogP contribution in [0.25, 0.3) is 33.3 Å². The molecule has 0 saturated heterocycles. The fraction of sp³-hybridized carbons (Fsp3) is 0.138. The molecule has 7 heteroatoms. The van der Waals surface area contributed by atoms with Gasteiger partial charge in [0.2, 0.25) is 5.88 Å². The fourth-order valence-electron chi connectivity index (χ4n) is 4.01. The molecule has 2 aromatic carbocycles. The van der Waals surface area contributed by atoms with Gasteiger partial charge in [0.05, 0.1) is 23.2 Å². The zero-order chi connectivity index (χ0) is 23.2. The van der Waals surface area contributed by atoms with Crippen LogP contribution in [0.15, 0.2) is 97.3 Å². The number of fused-ring (bicyclic) bond motifs is 1. The number of rotatable bonds is 8. The van der Waals surface area contributed by atoms with Crippen molar-refractivity contribution in [3.8, 4) is 28.3 Å². The summed E-state index contributed by atoms with van der Waals surface area (Å²) >= 11 is 0. The third-order valence-electron chi connectivity index (χ3n) is 5.80. The van der Waals surface area contributed by atoms with Crippen LogP contribution in [-0.2, 0) is 13.0 Å². The highest BCUT2D eigenvalue weighted by Gasteiger charge is 2.14. The number of nitrogens with zero attached hydrogens (tertiary/aromatic N) is 3. The molecule has 3 heterocycles. The van der Waals surface area contributed by atoms with Crippen LogP contribution in [0.5, 0.6) is 5.88 Å². The minimum Gasteiger partial charge on any atom is -0.477 e. The molecule has 184 valence electrons. The van der Waals surface area contributed by atoms with Crippen LogP contribution in [0.4, 0.5) is 0 Å². The molecule has 0 atom stereocenters. The van der Waals surface area contributed by atoms with Crippen molar-refractivity contribution in [2.75, 3.05) is 6.61 Å². The second-order valence-electron chi connectivity index (χ2n) is 8.11. The highest BCUT2D eigenvalue weighted by Crippen LogP contribution is 2.35. The highest BCUT2D eigenvalue weighted by molar-refractivity contribution is 5.93. The zero-order valence-corrected chi connectivity index (χ0v) is 21.3. The van der Waals surface area contributed by atoms with Gasteiger partial charge in [0, 0.05) is 35.8 Å². The molecule has 5 rings (SSSR count). The van der Waals surface area contributed by atoms with E-state index in [9.17, 15) is 0 Å². The molecule has 36 heavy (non-hydrogen) atoms. The third-order valence-corrected chi connectivity index (χ3v) is 5.80. The van der Waals surface area contributed by atoms with E-state index in [4.69, 9.17) is 15.5 Å². The van der Waals surface area contributed by atoms with Crippen LogP contribution < -0.4 is 10.5 Å². The first kappa shape index (κ1) is 27.1. The van der Waals surface area contributed by atoms with E-state index in [0.717, 1.165) is 57.4 Å². The lowest BCUT2D eigenvalue weighted by molar-refractivity contribution is 0.303. The summed E-state index contributed by atoms with van der Waals surface area (Å²) in [6.07, 6.45) is 5.30. The first-order valence-corrected chi connectivity index (χ1v) is 11.5. The van der Waals surface area contributed by atoms with Crippen molar-refractivity contribution in [1.29, 1.82) is 0 Å². The molecule has 0 fully saturated rings. The molecular weight excluding hydrogens is 491 g/mol. The standard InChI is InChI=1S/C29H26N4O.2ClH/c30-20-21-11-13-23(14-12-21)28-25(22-7-2-1-3-8-22)19-26-27(33-28)15-17-32-29(26)34-18-6-10-24-9-4-5-16-31-24;;/h1-5,7-9,11-17,19H,6,10,18,20,30H2;2*1H. The van der Waals surface area contributed by atoms with Crippen molar-refractivity contribution in [3.63, 3.8) is 0 Å². The monoisotopic (exact) mass is 518 g/mol. The van der Waals surface area contributed by atoms with Crippen LogP contribution in [0, 0.1) is 0 Å². The maximum atomic E-state index is 6.11. The molecule has 2 N–H and O–H groups in total. The average molecular weight is 519 g/mol. The maximum absolute atomic E-state index is 6.11. The van der Waals surface area contributed by atoms with Crippen molar-refractivity contribution < 1.29 is 4.74 Å². The number of nitrogens with two attached hydrogens (primary N) is 1. The molecule has 0 saturated carbocycles. The van der Waals surface area contributed by atoms with Gasteiger partial charge in [-0.3, -0.25) is 4.98 Å². The van der Waals surface area contributed by atoms with Crippen LogP contribution in [0.3, 0.4) is 0 Å². The van der Waals surface area contributed by atoms with Crippen molar-refractivity contribution in [3.05, 3.63) is 109 Å². The largest absolute Gasteiger partial charge is 0.477 e. The van der Waals surface area contributed by atoms with Gasteiger partial charge in [-0.05, 0) is 48.2 Å². The minimum absolute atomic E-state index is 0. The number of ether oxygens (including phenoxy) is 1. The smallest absolute Gasteiger partial charge is 0.222 e. The molecule has 5 nitrogen and oxygen atoms in total. The normalized spacial score (nSPS) is 10.4. The van der Waals surface area contributed by atoms with E-state index in [2.05, 4.69) is 52.4 Å². The van der Waals surface area contributed by atoms with Gasteiger partial charge in [0.15, 0.2) is 0 Å². The van der Waals surface area contributed by atoms with E-state index in [1.807, 2.05) is 48.7 Å². The number of aryl methyl sites for hydroxylation is 1. The van der Waals surface area contributed by atoms with Gasteiger partial charge in [-0.15, -0.1) is 24.8 Å². The fourth-order valence-corrected chi connectivity index (χ4v) is 4.01. The number of pyridine rings is 3. The molecule has 0 amide bonds. The Bertz CT molecular complexity index is 1380. The first-order chi connectivity index (χ1) is 16.8. The second kappa shape index (κ2) is 13.0. The van der Waals surface area contributed by atoms with Crippen LogP contribution in [0.2, 0.25) is 0 Å². The summed E-state index contributed by atoms with van der Waals surface area (Å²) in [5, 5.41) is 0.904. The van der Waals surface area contributed by atoms with Crippen molar-refractivity contribution in [2.45, 2.75) is 19.4 Å². The number of aromatic nitrogens is 3. The van der Waals surface area contributed by atoms with Gasteiger partial charge in [-0.1, -0.05) is 60.7 Å². The Labute approximate surface area is 223 Å². The Kier molecular flexibility index (Phi) is 9.77. The van der Waals surface area contributed by atoms with Crippen molar-refractivity contribution in [2.24, 2.45) is 5.73 Å². The zero-order valence-electron chi connectivity index (χ0n) is 19.7. The first-order valence-electron chi connectivity index (χ1n) is 11.5. The second-order valence-corrected chi connectivity index (χ2v) is 8.11. The van der Waals surface area contributed by atoms with E-state index in [1.165, 1.54) is 0 Å². The molecule has 0 bridgehead atoms. The van der Waals surface area contributed by atoms with Gasteiger partial charge >= 0.3 is 0 Å². The highest BCUT2D eigenvalue weighted by atomic mass is 35.5. The van der Waals surface area contributed by atoms with E-state index in [1.54, 1.807) is 6.20 Å². The number of benzene rings is 2. The summed E-state index contributed by atoms with van der Waals surface area (Å²) in [7, 11) is 0. The summed E-state index contributed by atoms with van der Waals surface area (Å²) in [5.41, 5.74) is 12.9. The maximum Gasteiger partial charge on any atom is 0.222 e. The molecule has 0 aliphatic rings. The molecule has 3 aromatic heterocycles. The molecule has 0 spiro atoms. The summed E-state index contributed by atoms with van der Waals surface area (Å²) in [6.45, 7) is 1.08. The molecule has 0 aliphatic carbocycles. The van der Waals surface area contributed by atoms with Crippen LogP contribution in [0.1, 0.15) is 17.7 Å². The number of hydrogen-bond donors (Lipinski definition) is 1. The molecular formula is C29H28Cl2N4O. The SMILES string of the molecule is Cl.Cl.NCc1ccc(-c2nc3ccnc(OCCCc4ccccn4)c3cc2-c2ccccc2)cc1. The lowest BCUT2D eigenvalue weighted by Crippen LogP contribution is -2.03. The topological polar surface area (TPSA) is 73.9 Å². The van der Waals surface area contributed by atoms with E-state index < -0.39 is 0 Å². The summed E-state index contributed by atoms with van der Waals surface area (Å²) in [4.78, 5) is 14.0. The van der Waals surface area contributed by atoms with Crippen molar-refractivity contribution in [1.82, 2.24) is 15.0 Å². The number of hydrogen-bond acceptors (Lipinski definition) is 5. The molecule has 0 aliphatic heterocycles. The molecule has 0 unspecified atom stereocenters. The lowest BCUT2D eigenvalue weighted by Gasteiger charge is -2.14. The lowest BCUT2D eigenvalue weighted by atomic mass is 9.97. The number of halogens is 2. The van der Waals surface area contributed by atoms with Gasteiger partial charge in [-0.2, -0.15) is 0 Å². The average Bonchev–Trinajstić information content (AvgIpc) is 2.91. The minimum atomic E-state index is 0. The molecule has 5 aromatic rings. The molecule has 0 radical (unpaired) electrons. The van der Waals surface area contributed by atoms with E-state index >= 15 is 0 Å². The predicted octanol–water partition coefficient (Wildman–Crippen LogP) is 6.67. The van der Waals surface area contributed by atoms with Crippen molar-refractivity contribution >= 4 is 35.7 Å². The Morgan fingerprint density at radius 1 is 0.750 bits per heavy atom. The Morgan fingerprint density at radius 3 is 2.25 bits per heavy atom. The Hall–Kier alpha value is -3.51. The predicted molar refractivity (Wildman–Crippen MR) is 151 cm³/mol. The Morgan fingerprint density at radius 2 is 1.53 bits per heavy atom. The van der Waals surface area contributed by atoms with E-state index in [0.29, 0.717) is 19.0 Å². The quantitative estimate of drug-likeness (QED) is 0.232. The van der Waals surface area contributed by atoms with Gasteiger partial charge in [0.25, 0.3) is 0 Å². The van der Waals surface area contributed by atoms with Crippen LogP contribution in [-0.4, -0.2) is 21.6 Å². The summed E-state index contributed by atoms with van der Waals surface area (Å²) < 4.78 is 6.11. The third kappa shape index (κ3) is 6.18. The summed E-state index contributed by atoms with van der Waals surface area (Å²) in [5.74, 6) is 0.605. The Balaban J connectivity index is 0.00000180. The van der Waals surface area contributed by atoms with Gasteiger partial charge < -0.3 is 10.5 Å². The van der Waals surface area contributed by atoms with Gasteiger partial charge in [-0.25, -0.2) is 9.97 Å².